The van der Waals surface area contributed by atoms with Crippen LogP contribution < -0.4 is 20.1 Å². The van der Waals surface area contributed by atoms with Crippen LogP contribution in [-0.4, -0.2) is 59.4 Å². The first-order valence-electron chi connectivity index (χ1n) is 12.9. The number of ether oxygens (including phenoxy) is 1. The lowest BCUT2D eigenvalue weighted by Gasteiger charge is -2.15. The van der Waals surface area contributed by atoms with Crippen LogP contribution in [0.5, 0.6) is 5.75 Å². The third kappa shape index (κ3) is 7.43. The third-order valence-corrected chi connectivity index (χ3v) is 7.60. The lowest BCUT2D eigenvalue weighted by atomic mass is 10.0. The summed E-state index contributed by atoms with van der Waals surface area (Å²) in [6, 6.07) is 27.7. The molecule has 0 aromatic heterocycles. The first-order chi connectivity index (χ1) is 19.7. The Bertz CT molecular complexity index is 1640. The largest absolute Gasteiger partial charge is 0.495 e. The molecule has 4 aromatic rings. The number of methoxy groups -OCH3 is 1. The van der Waals surface area contributed by atoms with Crippen molar-refractivity contribution in [3.05, 3.63) is 108 Å². The summed E-state index contributed by atoms with van der Waals surface area (Å²) in [6.07, 6.45) is 0. The zero-order chi connectivity index (χ0) is 29.4. The summed E-state index contributed by atoms with van der Waals surface area (Å²) >= 11 is 0. The molecule has 0 saturated carbocycles. The van der Waals surface area contributed by atoms with Crippen molar-refractivity contribution >= 4 is 33.2 Å². The molecule has 212 valence electrons. The van der Waals surface area contributed by atoms with Crippen molar-refractivity contribution in [1.29, 1.82) is 0 Å². The minimum Gasteiger partial charge on any atom is -0.495 e. The lowest BCUT2D eigenvalue weighted by molar-refractivity contribution is 0.0827. The number of sulfonamides is 1. The predicted octanol–water partition coefficient (Wildman–Crippen LogP) is 4.71. The number of nitrogens with zero attached hydrogens (tertiary/aromatic N) is 1. The zero-order valence-electron chi connectivity index (χ0n) is 23.0. The summed E-state index contributed by atoms with van der Waals surface area (Å²) in [5, 5.41) is 6.03. The molecule has 4 rings (SSSR count). The van der Waals surface area contributed by atoms with E-state index in [0.29, 0.717) is 46.7 Å². The topological polar surface area (TPSA) is 117 Å². The maximum absolute atomic E-state index is 13.5. The van der Waals surface area contributed by atoms with E-state index < -0.39 is 10.0 Å². The molecule has 10 heteroatoms. The molecule has 0 atom stereocenters. The summed E-state index contributed by atoms with van der Waals surface area (Å²) in [5.41, 5.74) is 3.43. The van der Waals surface area contributed by atoms with Crippen LogP contribution in [0.4, 0.5) is 11.4 Å². The van der Waals surface area contributed by atoms with Gasteiger partial charge in [0.05, 0.1) is 12.8 Å². The molecule has 0 heterocycles. The second-order valence-corrected chi connectivity index (χ2v) is 11.0. The molecule has 0 aliphatic heterocycles. The molecule has 3 N–H and O–H groups in total. The van der Waals surface area contributed by atoms with Crippen LogP contribution in [0.1, 0.15) is 20.7 Å². The molecule has 0 spiro atoms. The van der Waals surface area contributed by atoms with Gasteiger partial charge in [-0.3, -0.25) is 14.3 Å². The van der Waals surface area contributed by atoms with Gasteiger partial charge in [-0.05, 0) is 65.7 Å². The Morgan fingerprint density at radius 1 is 0.756 bits per heavy atom. The SMILES string of the molecule is COc1ccc(-c2cccc(C(=O)N(C)C)c2)cc1S(=O)(=O)Nc1cccc(NCCNC(=O)c2ccccc2)c1. The van der Waals surface area contributed by atoms with Gasteiger partial charge in [0.15, 0.2) is 0 Å². The van der Waals surface area contributed by atoms with Crippen molar-refractivity contribution in [2.45, 2.75) is 4.90 Å². The molecule has 41 heavy (non-hydrogen) atoms. The quantitative estimate of drug-likeness (QED) is 0.224. The minimum atomic E-state index is -4.05. The van der Waals surface area contributed by atoms with Crippen molar-refractivity contribution in [3.63, 3.8) is 0 Å². The summed E-state index contributed by atoms with van der Waals surface area (Å²) in [7, 11) is 0.710. The predicted molar refractivity (Wildman–Crippen MR) is 161 cm³/mol. The van der Waals surface area contributed by atoms with E-state index in [1.54, 1.807) is 93.0 Å². The first-order valence-corrected chi connectivity index (χ1v) is 14.4. The maximum atomic E-state index is 13.5. The van der Waals surface area contributed by atoms with Crippen LogP contribution in [-0.2, 0) is 10.0 Å². The summed E-state index contributed by atoms with van der Waals surface area (Å²) < 4.78 is 35.0. The van der Waals surface area contributed by atoms with Gasteiger partial charge in [0.2, 0.25) is 0 Å². The van der Waals surface area contributed by atoms with Gasteiger partial charge in [0.25, 0.3) is 21.8 Å². The second kappa shape index (κ2) is 13.0. The Kier molecular flexibility index (Phi) is 9.26. The highest BCUT2D eigenvalue weighted by Gasteiger charge is 2.21. The van der Waals surface area contributed by atoms with Gasteiger partial charge < -0.3 is 20.3 Å². The molecule has 9 nitrogen and oxygen atoms in total. The molecule has 0 saturated heterocycles. The Hall–Kier alpha value is -4.83. The van der Waals surface area contributed by atoms with Crippen LogP contribution in [0.15, 0.2) is 102 Å². The number of hydrogen-bond acceptors (Lipinski definition) is 6. The number of carbonyl (C=O) groups is 2. The highest BCUT2D eigenvalue weighted by atomic mass is 32.2. The van der Waals surface area contributed by atoms with Gasteiger partial charge in [-0.25, -0.2) is 8.42 Å². The molecular formula is C31H32N4O5S. The molecule has 0 aliphatic carbocycles. The Morgan fingerprint density at radius 3 is 2.17 bits per heavy atom. The van der Waals surface area contributed by atoms with E-state index in [9.17, 15) is 18.0 Å². The highest BCUT2D eigenvalue weighted by Crippen LogP contribution is 2.32. The molecule has 2 amide bonds. The van der Waals surface area contributed by atoms with E-state index in [-0.39, 0.29) is 22.5 Å². The molecule has 0 fully saturated rings. The zero-order valence-corrected chi connectivity index (χ0v) is 23.9. The maximum Gasteiger partial charge on any atom is 0.265 e. The standard InChI is InChI=1S/C31H32N4O5S/c1-35(2)31(37)25-12-7-11-23(19-25)24-15-16-28(40-3)29(20-24)41(38,39)34-27-14-8-13-26(21-27)32-17-18-33-30(36)22-9-5-4-6-10-22/h4-16,19-21,32,34H,17-18H2,1-3H3,(H,33,36). The van der Waals surface area contributed by atoms with Gasteiger partial charge in [0, 0.05) is 44.0 Å². The van der Waals surface area contributed by atoms with Gasteiger partial charge in [-0.15, -0.1) is 0 Å². The fraction of sp³-hybridized carbons (Fsp3) is 0.161. The summed E-state index contributed by atoms with van der Waals surface area (Å²) in [5.74, 6) is -0.131. The number of benzene rings is 4. The highest BCUT2D eigenvalue weighted by molar-refractivity contribution is 7.92. The van der Waals surface area contributed by atoms with E-state index in [1.807, 2.05) is 12.1 Å². The van der Waals surface area contributed by atoms with Crippen molar-refractivity contribution in [2.24, 2.45) is 0 Å². The average molecular weight is 573 g/mol. The molecule has 0 aliphatic rings. The number of anilines is 2. The molecule has 4 aromatic carbocycles. The average Bonchev–Trinajstić information content (AvgIpc) is 2.99. The Balaban J connectivity index is 1.47. The third-order valence-electron chi connectivity index (χ3n) is 6.19. The lowest BCUT2D eigenvalue weighted by Crippen LogP contribution is -2.28. The normalized spacial score (nSPS) is 10.9. The number of rotatable bonds is 11. The van der Waals surface area contributed by atoms with E-state index in [4.69, 9.17) is 4.74 Å². The van der Waals surface area contributed by atoms with Crippen LogP contribution in [0.25, 0.3) is 11.1 Å². The van der Waals surface area contributed by atoms with Crippen LogP contribution >= 0.6 is 0 Å². The van der Waals surface area contributed by atoms with E-state index in [2.05, 4.69) is 15.4 Å². The molecule has 0 unspecified atom stereocenters. The van der Waals surface area contributed by atoms with Crippen molar-refractivity contribution in [1.82, 2.24) is 10.2 Å². The summed E-state index contributed by atoms with van der Waals surface area (Å²) in [4.78, 5) is 26.1. The van der Waals surface area contributed by atoms with Crippen molar-refractivity contribution in [3.8, 4) is 16.9 Å². The monoisotopic (exact) mass is 572 g/mol. The van der Waals surface area contributed by atoms with Crippen molar-refractivity contribution < 1.29 is 22.7 Å². The Morgan fingerprint density at radius 2 is 1.44 bits per heavy atom. The van der Waals surface area contributed by atoms with E-state index in [0.717, 1.165) is 0 Å². The number of hydrogen-bond donors (Lipinski definition) is 3. The molecular weight excluding hydrogens is 540 g/mol. The number of amides is 2. The molecule has 0 bridgehead atoms. The Labute approximate surface area is 240 Å². The number of nitrogens with one attached hydrogen (secondary N) is 3. The van der Waals surface area contributed by atoms with Crippen molar-refractivity contribution in [2.75, 3.05) is 44.3 Å². The van der Waals surface area contributed by atoms with E-state index >= 15 is 0 Å². The fourth-order valence-electron chi connectivity index (χ4n) is 4.13. The van der Waals surface area contributed by atoms with Gasteiger partial charge in [-0.1, -0.05) is 42.5 Å². The molecule has 0 radical (unpaired) electrons. The fourth-order valence-corrected chi connectivity index (χ4v) is 5.38. The van der Waals surface area contributed by atoms with Gasteiger partial charge in [-0.2, -0.15) is 0 Å². The first kappa shape index (κ1) is 29.2. The summed E-state index contributed by atoms with van der Waals surface area (Å²) in [6.45, 7) is 0.828. The van der Waals surface area contributed by atoms with Crippen LogP contribution in [0, 0.1) is 0 Å². The van der Waals surface area contributed by atoms with Gasteiger partial charge >= 0.3 is 0 Å². The van der Waals surface area contributed by atoms with Crippen LogP contribution in [0.3, 0.4) is 0 Å². The minimum absolute atomic E-state index is 0.0381. The van der Waals surface area contributed by atoms with E-state index in [1.165, 1.54) is 18.1 Å². The number of carbonyl (C=O) groups excluding carboxylic acids is 2. The van der Waals surface area contributed by atoms with Crippen LogP contribution in [0.2, 0.25) is 0 Å². The second-order valence-electron chi connectivity index (χ2n) is 9.38. The van der Waals surface area contributed by atoms with Gasteiger partial charge in [0.1, 0.15) is 10.6 Å². The smallest absolute Gasteiger partial charge is 0.265 e.